The van der Waals surface area contributed by atoms with Crippen LogP contribution >= 0.6 is 15.9 Å². The Morgan fingerprint density at radius 2 is 1.84 bits per heavy atom. The molecule has 1 aromatic heterocycles. The van der Waals surface area contributed by atoms with Crippen molar-refractivity contribution in [3.8, 4) is 0 Å². The van der Waals surface area contributed by atoms with Crippen molar-refractivity contribution in [2.24, 2.45) is 29.1 Å². The highest BCUT2D eigenvalue weighted by Crippen LogP contribution is 2.74. The molecule has 0 unspecified atom stereocenters. The third-order valence-electron chi connectivity index (χ3n) is 8.14. The zero-order valence-corrected chi connectivity index (χ0v) is 20.0. The minimum absolute atomic E-state index is 0.0728. The summed E-state index contributed by atoms with van der Waals surface area (Å²) in [6.45, 7) is 4.59. The van der Waals surface area contributed by atoms with Crippen LogP contribution in [0.25, 0.3) is 0 Å². The number of hydrogen-bond donors (Lipinski definition) is 1. The van der Waals surface area contributed by atoms with E-state index in [1.807, 2.05) is 6.07 Å². The van der Waals surface area contributed by atoms with Crippen molar-refractivity contribution >= 4 is 33.5 Å². The Balaban J connectivity index is 1.16. The molecule has 3 aliphatic carbocycles. The van der Waals surface area contributed by atoms with Gasteiger partial charge in [-0.3, -0.25) is 9.59 Å². The van der Waals surface area contributed by atoms with E-state index in [1.165, 1.54) is 12.8 Å². The average molecular weight is 506 g/mol. The molecule has 1 aliphatic heterocycles. The van der Waals surface area contributed by atoms with E-state index in [0.717, 1.165) is 49.9 Å². The van der Waals surface area contributed by atoms with E-state index in [4.69, 9.17) is 9.47 Å². The summed E-state index contributed by atoms with van der Waals surface area (Å²) >= 11 is 3.32. The van der Waals surface area contributed by atoms with Gasteiger partial charge in [-0.1, -0.05) is 0 Å². The molecule has 174 valence electrons. The maximum atomic E-state index is 13.3. The maximum Gasteiger partial charge on any atom is 0.310 e. The van der Waals surface area contributed by atoms with E-state index in [-0.39, 0.29) is 47.6 Å². The fourth-order valence-corrected chi connectivity index (χ4v) is 6.84. The van der Waals surface area contributed by atoms with E-state index < -0.39 is 0 Å². The van der Waals surface area contributed by atoms with Gasteiger partial charge in [0.2, 0.25) is 5.91 Å². The summed E-state index contributed by atoms with van der Waals surface area (Å²) in [5, 5.41) is 3.00. The van der Waals surface area contributed by atoms with Crippen LogP contribution in [-0.2, 0) is 19.1 Å². The highest BCUT2D eigenvalue weighted by molar-refractivity contribution is 9.10. The van der Waals surface area contributed by atoms with Crippen LogP contribution in [-0.4, -0.2) is 61.2 Å². The van der Waals surface area contributed by atoms with Crippen LogP contribution in [0.5, 0.6) is 0 Å². The summed E-state index contributed by atoms with van der Waals surface area (Å²) in [4.78, 5) is 33.0. The number of pyridine rings is 1. The molecule has 3 saturated carbocycles. The number of ether oxygens (including phenoxy) is 2. The van der Waals surface area contributed by atoms with Crippen molar-refractivity contribution in [2.75, 3.05) is 44.8 Å². The van der Waals surface area contributed by atoms with Gasteiger partial charge in [-0.2, -0.15) is 0 Å². The predicted molar refractivity (Wildman–Crippen MR) is 123 cm³/mol. The fourth-order valence-electron chi connectivity index (χ4n) is 6.60. The van der Waals surface area contributed by atoms with Crippen LogP contribution in [0, 0.1) is 29.1 Å². The minimum Gasteiger partial charge on any atom is -0.463 e. The topological polar surface area (TPSA) is 80.8 Å². The average Bonchev–Trinajstić information content (AvgIpc) is 3.15. The van der Waals surface area contributed by atoms with Gasteiger partial charge in [0.05, 0.1) is 36.9 Å². The highest BCUT2D eigenvalue weighted by atomic mass is 79.9. The molecule has 1 aromatic rings. The summed E-state index contributed by atoms with van der Waals surface area (Å²) in [6.07, 6.45) is 8.51. The fraction of sp³-hybridized carbons (Fsp3) is 0.708. The summed E-state index contributed by atoms with van der Waals surface area (Å²) in [5.41, 5.74) is 0.847. The second kappa shape index (κ2) is 9.39. The molecule has 4 fully saturated rings. The van der Waals surface area contributed by atoms with Gasteiger partial charge in [0.25, 0.3) is 0 Å². The van der Waals surface area contributed by atoms with Gasteiger partial charge >= 0.3 is 5.97 Å². The van der Waals surface area contributed by atoms with E-state index in [0.29, 0.717) is 18.9 Å². The Hall–Kier alpha value is -1.51. The number of likely N-dealkylation sites (tertiary alicyclic amines) is 1. The number of halogens is 1. The van der Waals surface area contributed by atoms with E-state index in [2.05, 4.69) is 31.1 Å². The van der Waals surface area contributed by atoms with Crippen molar-refractivity contribution in [1.29, 1.82) is 0 Å². The summed E-state index contributed by atoms with van der Waals surface area (Å²) in [6, 6.07) is 3.62. The first-order valence-corrected chi connectivity index (χ1v) is 12.8. The molecule has 2 heterocycles. The molecule has 1 N–H and O–H groups in total. The largest absolute Gasteiger partial charge is 0.463 e. The number of aromatic nitrogens is 1. The molecule has 8 heteroatoms. The monoisotopic (exact) mass is 505 g/mol. The molecule has 4 aliphatic rings. The summed E-state index contributed by atoms with van der Waals surface area (Å²) in [5.74, 6) is -0.398. The molecule has 32 heavy (non-hydrogen) atoms. The number of nitrogens with zero attached hydrogens (tertiary/aromatic N) is 2. The zero-order valence-electron chi connectivity index (χ0n) is 18.4. The van der Waals surface area contributed by atoms with Crippen molar-refractivity contribution in [3.05, 3.63) is 22.9 Å². The molecule has 4 atom stereocenters. The van der Waals surface area contributed by atoms with E-state index in [1.54, 1.807) is 12.3 Å². The van der Waals surface area contributed by atoms with Crippen molar-refractivity contribution in [2.45, 2.75) is 38.5 Å². The smallest absolute Gasteiger partial charge is 0.310 e. The Bertz CT molecular complexity index is 838. The second-order valence-corrected chi connectivity index (χ2v) is 10.6. The summed E-state index contributed by atoms with van der Waals surface area (Å²) < 4.78 is 12.0. The third-order valence-corrected chi connectivity index (χ3v) is 8.61. The molecular formula is C24H32BrN3O4. The Morgan fingerprint density at radius 3 is 2.53 bits per heavy atom. The number of esters is 1. The lowest BCUT2D eigenvalue weighted by Gasteiger charge is -2.28. The second-order valence-electron chi connectivity index (χ2n) is 9.76. The normalized spacial score (nSPS) is 30.0. The quantitative estimate of drug-likeness (QED) is 0.314. The maximum absolute atomic E-state index is 13.3. The molecule has 1 amide bonds. The van der Waals surface area contributed by atoms with Crippen LogP contribution < -0.4 is 5.32 Å². The SMILES string of the molecule is O=C(OCCOCCN1CCCC1)[C@H]1[C@H](C(=O)Nc2ccc(Br)nc2)[C@@H]2CC[C@H]1C21CC1. The van der Waals surface area contributed by atoms with Gasteiger partial charge in [0.1, 0.15) is 11.2 Å². The van der Waals surface area contributed by atoms with E-state index >= 15 is 0 Å². The number of hydrogen-bond acceptors (Lipinski definition) is 6. The Kier molecular flexibility index (Phi) is 6.54. The molecule has 7 nitrogen and oxygen atoms in total. The van der Waals surface area contributed by atoms with Crippen LogP contribution in [0.1, 0.15) is 38.5 Å². The molecule has 2 bridgehead atoms. The molecule has 0 radical (unpaired) electrons. The van der Waals surface area contributed by atoms with Crippen LogP contribution in [0.2, 0.25) is 0 Å². The van der Waals surface area contributed by atoms with Gasteiger partial charge in [-0.25, -0.2) is 4.98 Å². The lowest BCUT2D eigenvalue weighted by atomic mass is 9.78. The van der Waals surface area contributed by atoms with Crippen LogP contribution in [0.4, 0.5) is 5.69 Å². The summed E-state index contributed by atoms with van der Waals surface area (Å²) in [7, 11) is 0. The predicted octanol–water partition coefficient (Wildman–Crippen LogP) is 3.49. The number of nitrogens with one attached hydrogen (secondary N) is 1. The number of carbonyl (C=O) groups excluding carboxylic acids is 2. The van der Waals surface area contributed by atoms with E-state index in [9.17, 15) is 9.59 Å². The Morgan fingerprint density at radius 1 is 1.09 bits per heavy atom. The standard InChI is InChI=1S/C24H32BrN3O4/c25-19-6-3-16(15-26-19)27-22(29)20-17-4-5-18(24(17)7-8-24)21(20)23(30)32-14-13-31-12-11-28-9-1-2-10-28/h3,6,15,17-18,20-21H,1-2,4-5,7-14H2,(H,27,29)/t17-,18+,20+,21+/m0/s1. The molecule has 1 spiro atoms. The lowest BCUT2D eigenvalue weighted by molar-refractivity contribution is -0.156. The number of carbonyl (C=O) groups is 2. The third kappa shape index (κ3) is 4.33. The number of rotatable bonds is 9. The Labute approximate surface area is 197 Å². The van der Waals surface area contributed by atoms with Crippen LogP contribution in [0.15, 0.2) is 22.9 Å². The van der Waals surface area contributed by atoms with Gasteiger partial charge in [0, 0.05) is 6.54 Å². The molecule has 0 aromatic carbocycles. The molecule has 5 rings (SSSR count). The van der Waals surface area contributed by atoms with Crippen LogP contribution in [0.3, 0.4) is 0 Å². The first kappa shape index (κ1) is 22.3. The van der Waals surface area contributed by atoms with Gasteiger partial charge < -0.3 is 19.7 Å². The molecule has 1 saturated heterocycles. The van der Waals surface area contributed by atoms with Crippen molar-refractivity contribution in [3.63, 3.8) is 0 Å². The number of anilines is 1. The van der Waals surface area contributed by atoms with Gasteiger partial charge in [-0.15, -0.1) is 0 Å². The zero-order chi connectivity index (χ0) is 22.1. The first-order valence-electron chi connectivity index (χ1n) is 12.0. The number of amides is 1. The minimum atomic E-state index is -0.343. The van der Waals surface area contributed by atoms with Gasteiger partial charge in [0.15, 0.2) is 0 Å². The van der Waals surface area contributed by atoms with Gasteiger partial charge in [-0.05, 0) is 96.9 Å². The van der Waals surface area contributed by atoms with Crippen molar-refractivity contribution in [1.82, 2.24) is 9.88 Å². The lowest BCUT2D eigenvalue weighted by Crippen LogP contribution is -2.39. The highest BCUT2D eigenvalue weighted by Gasteiger charge is 2.71. The first-order chi connectivity index (χ1) is 15.6. The van der Waals surface area contributed by atoms with Crippen molar-refractivity contribution < 1.29 is 19.1 Å². The molecular weight excluding hydrogens is 474 g/mol.